The Labute approximate surface area is 352 Å². The van der Waals surface area contributed by atoms with Crippen molar-refractivity contribution < 1.29 is 9.53 Å². The van der Waals surface area contributed by atoms with Gasteiger partial charge < -0.3 is 10.1 Å². The zero-order chi connectivity index (χ0) is 42.8. The SMILES string of the molecule is CCCCCCC(Oc1ccc(C(C)(C)CC)cc1C(C)(C)CC)C(=O)Nc1ccc(-c2nc3n(n2)N=C(C(C)(C)C)C3=Nc2ccc([N+]3(CC)CC3C#N)cc2)cc1. The number of hydrogen-bond donors (Lipinski definition) is 1. The van der Waals surface area contributed by atoms with E-state index in [1.54, 1.807) is 4.79 Å². The third-order valence-electron chi connectivity index (χ3n) is 12.8. The minimum Gasteiger partial charge on any atom is -0.480 e. The molecule has 0 radical (unpaired) electrons. The summed E-state index contributed by atoms with van der Waals surface area (Å²) in [6, 6.07) is 24.8. The number of benzene rings is 3. The highest BCUT2D eigenvalue weighted by Gasteiger charge is 2.56. The first-order valence-electron chi connectivity index (χ1n) is 21.8. The van der Waals surface area contributed by atoms with Gasteiger partial charge in [-0.15, -0.1) is 9.89 Å². The number of rotatable bonds is 17. The molecule has 0 spiro atoms. The van der Waals surface area contributed by atoms with E-state index in [9.17, 15) is 10.1 Å². The number of unbranched alkanes of at least 4 members (excludes halogenated alkanes) is 3. The summed E-state index contributed by atoms with van der Waals surface area (Å²) in [6.45, 7) is 25.9. The molecule has 3 heterocycles. The molecule has 1 fully saturated rings. The van der Waals surface area contributed by atoms with Crippen molar-refractivity contribution in [1.29, 1.82) is 5.26 Å². The maximum Gasteiger partial charge on any atom is 0.265 e. The number of quaternary nitrogens is 1. The maximum atomic E-state index is 14.0. The van der Waals surface area contributed by atoms with Gasteiger partial charge >= 0.3 is 0 Å². The van der Waals surface area contributed by atoms with Gasteiger partial charge in [-0.2, -0.15) is 10.4 Å². The van der Waals surface area contributed by atoms with E-state index < -0.39 is 6.10 Å². The number of anilines is 1. The fraction of sp³-hybridized carbons (Fsp3) is 0.510. The molecule has 1 saturated heterocycles. The highest BCUT2D eigenvalue weighted by atomic mass is 16.5. The Kier molecular flexibility index (Phi) is 12.7. The van der Waals surface area contributed by atoms with E-state index in [0.29, 0.717) is 34.0 Å². The van der Waals surface area contributed by atoms with E-state index >= 15 is 0 Å². The molecule has 0 bridgehead atoms. The van der Waals surface area contributed by atoms with Crippen LogP contribution < -0.4 is 14.5 Å². The largest absolute Gasteiger partial charge is 0.480 e. The van der Waals surface area contributed by atoms with E-state index in [1.807, 2.05) is 36.4 Å². The minimum atomic E-state index is -0.639. The number of carbonyl (C=O) groups excluding carboxylic acids is 1. The Hall–Kier alpha value is -5.14. The van der Waals surface area contributed by atoms with Gasteiger partial charge in [0.15, 0.2) is 18.5 Å². The molecule has 2 aliphatic heterocycles. The van der Waals surface area contributed by atoms with Crippen LogP contribution in [0.25, 0.3) is 11.4 Å². The number of nitriles is 1. The van der Waals surface area contributed by atoms with Crippen molar-refractivity contribution in [2.45, 2.75) is 144 Å². The lowest BCUT2D eigenvalue weighted by atomic mass is 9.76. The summed E-state index contributed by atoms with van der Waals surface area (Å²) in [4.78, 5) is 25.6. The van der Waals surface area contributed by atoms with Gasteiger partial charge in [0.2, 0.25) is 11.9 Å². The quantitative estimate of drug-likeness (QED) is 0.0648. The van der Waals surface area contributed by atoms with Gasteiger partial charge in [-0.3, -0.25) is 9.28 Å². The number of carbonyl (C=O) groups is 1. The number of aliphatic imine (C=N–C) groups is 1. The lowest BCUT2D eigenvalue weighted by Gasteiger charge is -2.31. The smallest absolute Gasteiger partial charge is 0.265 e. The topological polar surface area (TPSA) is 118 Å². The summed E-state index contributed by atoms with van der Waals surface area (Å²) in [6.07, 6.45) is 6.19. The number of amides is 1. The van der Waals surface area contributed by atoms with E-state index in [0.717, 1.165) is 85.6 Å². The molecule has 2 aliphatic rings. The molecule has 0 saturated carbocycles. The molecule has 3 atom stereocenters. The molecule has 3 unspecified atom stereocenters. The van der Waals surface area contributed by atoms with Gasteiger partial charge in [-0.05, 0) is 91.5 Å². The lowest BCUT2D eigenvalue weighted by Crippen LogP contribution is -2.34. The third kappa shape index (κ3) is 9.21. The lowest BCUT2D eigenvalue weighted by molar-refractivity contribution is -0.123. The average Bonchev–Trinajstić information content (AvgIpc) is 3.65. The fourth-order valence-electron chi connectivity index (χ4n) is 7.74. The highest BCUT2D eigenvalue weighted by Crippen LogP contribution is 2.41. The summed E-state index contributed by atoms with van der Waals surface area (Å²) in [5.74, 6) is 1.73. The summed E-state index contributed by atoms with van der Waals surface area (Å²) in [5, 5.41) is 22.3. The summed E-state index contributed by atoms with van der Waals surface area (Å²) >= 11 is 0. The van der Waals surface area contributed by atoms with Gasteiger partial charge in [-0.25, -0.2) is 9.98 Å². The summed E-state index contributed by atoms with van der Waals surface area (Å²) in [5.41, 5.74) is 6.95. The Morgan fingerprint density at radius 2 is 1.63 bits per heavy atom. The number of ether oxygens (including phenoxy) is 1. The number of hydrogen-bond acceptors (Lipinski definition) is 7. The molecule has 1 N–H and O–H groups in total. The second-order valence-corrected chi connectivity index (χ2v) is 18.7. The molecular weight excluding hydrogens is 733 g/mol. The number of nitrogens with zero attached hydrogens (tertiary/aromatic N) is 7. The van der Waals surface area contributed by atoms with E-state index in [4.69, 9.17) is 24.9 Å². The fourth-order valence-corrected chi connectivity index (χ4v) is 7.74. The van der Waals surface area contributed by atoms with Crippen molar-refractivity contribution in [2.75, 3.05) is 18.4 Å². The third-order valence-corrected chi connectivity index (χ3v) is 12.8. The maximum absolute atomic E-state index is 14.0. The molecule has 1 aromatic heterocycles. The van der Waals surface area contributed by atoms with Crippen molar-refractivity contribution in [2.24, 2.45) is 15.5 Å². The molecule has 0 aliphatic carbocycles. The van der Waals surface area contributed by atoms with Gasteiger partial charge in [0.25, 0.3) is 5.91 Å². The molecular formula is C49H65N8O2+. The van der Waals surface area contributed by atoms with Gasteiger partial charge in [0, 0.05) is 34.4 Å². The van der Waals surface area contributed by atoms with Gasteiger partial charge in [0.1, 0.15) is 23.2 Å². The first-order valence-corrected chi connectivity index (χ1v) is 21.8. The number of fused-ring (bicyclic) bond motifs is 1. The second-order valence-electron chi connectivity index (χ2n) is 18.7. The van der Waals surface area contributed by atoms with Crippen LogP contribution in [-0.4, -0.2) is 57.4 Å². The predicted octanol–water partition coefficient (Wildman–Crippen LogP) is 11.3. The van der Waals surface area contributed by atoms with Crippen LogP contribution in [0.1, 0.15) is 138 Å². The Morgan fingerprint density at radius 1 is 0.932 bits per heavy atom. The number of nitrogens with one attached hydrogen (secondary N) is 1. The number of likely N-dealkylation sites (N-methyl/N-ethyl adjacent to an activating group) is 1. The molecule has 10 heteroatoms. The van der Waals surface area contributed by atoms with E-state index in [2.05, 4.69) is 118 Å². The average molecular weight is 798 g/mol. The molecule has 4 aromatic rings. The zero-order valence-electron chi connectivity index (χ0n) is 37.3. The van der Waals surface area contributed by atoms with Crippen LogP contribution in [0.3, 0.4) is 0 Å². The van der Waals surface area contributed by atoms with Crippen molar-refractivity contribution >= 4 is 34.4 Å². The molecule has 1 amide bonds. The molecule has 59 heavy (non-hydrogen) atoms. The predicted molar refractivity (Wildman–Crippen MR) is 242 cm³/mol. The summed E-state index contributed by atoms with van der Waals surface area (Å²) in [7, 11) is 0. The van der Waals surface area contributed by atoms with Crippen molar-refractivity contribution in [3.8, 4) is 23.2 Å². The van der Waals surface area contributed by atoms with Crippen molar-refractivity contribution in [3.05, 3.63) is 83.7 Å². The van der Waals surface area contributed by atoms with Crippen LogP contribution >= 0.6 is 0 Å². The van der Waals surface area contributed by atoms with Gasteiger partial charge in [0.05, 0.1) is 17.9 Å². The van der Waals surface area contributed by atoms with Gasteiger partial charge in [-0.1, -0.05) is 101 Å². The zero-order valence-corrected chi connectivity index (χ0v) is 37.3. The molecule has 6 rings (SSSR count). The monoisotopic (exact) mass is 798 g/mol. The van der Waals surface area contributed by atoms with Crippen LogP contribution in [0, 0.1) is 16.7 Å². The normalized spacial score (nSPS) is 18.9. The number of aromatic nitrogens is 3. The Balaban J connectivity index is 1.22. The van der Waals surface area contributed by atoms with Crippen LogP contribution in [0.15, 0.2) is 76.8 Å². The molecule has 10 nitrogen and oxygen atoms in total. The minimum absolute atomic E-state index is 0.0127. The first kappa shape index (κ1) is 43.4. The Morgan fingerprint density at radius 3 is 2.22 bits per heavy atom. The molecule has 312 valence electrons. The van der Waals surface area contributed by atoms with Crippen LogP contribution in [0.5, 0.6) is 5.75 Å². The Bertz CT molecular complexity index is 2230. The van der Waals surface area contributed by atoms with Crippen LogP contribution in [0.2, 0.25) is 0 Å². The van der Waals surface area contributed by atoms with E-state index in [-0.39, 0.29) is 28.2 Å². The van der Waals surface area contributed by atoms with Crippen LogP contribution in [-0.2, 0) is 15.6 Å². The summed E-state index contributed by atoms with van der Waals surface area (Å²) < 4.78 is 7.42. The van der Waals surface area contributed by atoms with E-state index in [1.165, 1.54) is 5.56 Å². The standard InChI is InChI=1S/C49H64N8O2/c1-12-16-17-18-19-41(59-40-29-22-34(48(8,9)13-2)30-39(40)49(10,11)14-3)46(58)52-36-23-20-33(21-24-36)44-53-45-42(43(47(5,6)7)54-56(45)55-44)51-35-25-27-37(28-26-35)57(15-4)32-38(57)31-50/h20-30,38,41H,12-19,32H2,1-11H3/p+1. The first-order chi connectivity index (χ1) is 28.0. The highest BCUT2D eigenvalue weighted by molar-refractivity contribution is 6.50. The van der Waals surface area contributed by atoms with Crippen molar-refractivity contribution in [3.63, 3.8) is 0 Å². The van der Waals surface area contributed by atoms with Crippen LogP contribution in [0.4, 0.5) is 17.1 Å². The molecule has 3 aromatic carbocycles. The van der Waals surface area contributed by atoms with Crippen molar-refractivity contribution in [1.82, 2.24) is 19.4 Å². The second kappa shape index (κ2) is 17.2.